The number of hydrogen-bond acceptors (Lipinski definition) is 3. The molecule has 3 heteroatoms. The molecule has 1 aromatic rings. The first-order valence-electron chi connectivity index (χ1n) is 6.82. The van der Waals surface area contributed by atoms with E-state index in [2.05, 4.69) is 43.4 Å². The van der Waals surface area contributed by atoms with E-state index >= 15 is 0 Å². The van der Waals surface area contributed by atoms with Gasteiger partial charge in [0.05, 0.1) is 6.61 Å². The zero-order chi connectivity index (χ0) is 13.0. The molecule has 2 rings (SSSR count). The molecule has 0 amide bonds. The first-order valence-corrected chi connectivity index (χ1v) is 7.81. The van der Waals surface area contributed by atoms with Gasteiger partial charge >= 0.3 is 0 Å². The zero-order valence-corrected chi connectivity index (χ0v) is 12.1. The Kier molecular flexibility index (Phi) is 4.71. The number of aliphatic hydroxyl groups is 1. The summed E-state index contributed by atoms with van der Waals surface area (Å²) in [5.74, 6) is 1.73. The van der Waals surface area contributed by atoms with Crippen LogP contribution in [-0.2, 0) is 0 Å². The van der Waals surface area contributed by atoms with Gasteiger partial charge in [-0.3, -0.25) is 0 Å². The van der Waals surface area contributed by atoms with Gasteiger partial charge in [-0.1, -0.05) is 32.0 Å². The van der Waals surface area contributed by atoms with Gasteiger partial charge in [0.2, 0.25) is 0 Å². The second kappa shape index (κ2) is 6.09. The molecule has 1 aliphatic rings. The summed E-state index contributed by atoms with van der Waals surface area (Å²) in [6, 6.07) is 8.67. The maximum atomic E-state index is 9.58. The summed E-state index contributed by atoms with van der Waals surface area (Å²) in [4.78, 5) is 1.42. The molecule has 100 valence electrons. The van der Waals surface area contributed by atoms with Crippen molar-refractivity contribution in [1.29, 1.82) is 0 Å². The molecule has 0 spiro atoms. The minimum Gasteiger partial charge on any atom is -0.394 e. The fraction of sp³-hybridized carbons (Fsp3) is 0.600. The standard InChI is InChI=1S/C15H23NOS/c1-3-15(4-2,11-17)16-9-12-10-18-14-8-6-5-7-13(12)14/h5-8,12,16-17H,3-4,9-11H2,1-2H3. The second-order valence-electron chi connectivity index (χ2n) is 5.07. The number of hydrogen-bond donors (Lipinski definition) is 2. The number of thioether (sulfide) groups is 1. The average molecular weight is 265 g/mol. The highest BCUT2D eigenvalue weighted by molar-refractivity contribution is 7.99. The SMILES string of the molecule is CCC(CC)(CO)NCC1CSc2ccccc21. The molecular weight excluding hydrogens is 242 g/mol. The van der Waals surface area contributed by atoms with Crippen LogP contribution in [-0.4, -0.2) is 29.5 Å². The lowest BCUT2D eigenvalue weighted by atomic mass is 9.92. The van der Waals surface area contributed by atoms with Crippen molar-refractivity contribution in [2.24, 2.45) is 0 Å². The maximum Gasteiger partial charge on any atom is 0.0613 e. The number of nitrogens with one attached hydrogen (secondary N) is 1. The fourth-order valence-electron chi connectivity index (χ4n) is 2.52. The van der Waals surface area contributed by atoms with Crippen LogP contribution >= 0.6 is 11.8 Å². The summed E-state index contributed by atoms with van der Waals surface area (Å²) >= 11 is 1.95. The van der Waals surface area contributed by atoms with Crippen molar-refractivity contribution in [3.05, 3.63) is 29.8 Å². The molecule has 0 fully saturated rings. The summed E-state index contributed by atoms with van der Waals surface area (Å²) in [7, 11) is 0. The smallest absolute Gasteiger partial charge is 0.0613 e. The Bertz CT molecular complexity index is 382. The predicted octanol–water partition coefficient (Wildman–Crippen LogP) is 3.02. The minimum atomic E-state index is -0.0950. The molecule has 1 aromatic carbocycles. The van der Waals surface area contributed by atoms with E-state index in [0.717, 1.165) is 25.1 Å². The van der Waals surface area contributed by atoms with Crippen molar-refractivity contribution >= 4 is 11.8 Å². The average Bonchev–Trinajstić information content (AvgIpc) is 2.85. The minimum absolute atomic E-state index is 0.0950. The van der Waals surface area contributed by atoms with E-state index in [1.54, 1.807) is 0 Å². The monoisotopic (exact) mass is 265 g/mol. The Balaban J connectivity index is 2.00. The molecule has 1 heterocycles. The van der Waals surface area contributed by atoms with E-state index in [1.165, 1.54) is 10.5 Å². The van der Waals surface area contributed by atoms with Crippen LogP contribution in [0.15, 0.2) is 29.2 Å². The Hall–Kier alpha value is -0.510. The van der Waals surface area contributed by atoms with Gasteiger partial charge in [-0.05, 0) is 24.5 Å². The Morgan fingerprint density at radius 1 is 1.33 bits per heavy atom. The van der Waals surface area contributed by atoms with Crippen molar-refractivity contribution in [1.82, 2.24) is 5.32 Å². The molecule has 2 N–H and O–H groups in total. The van der Waals surface area contributed by atoms with E-state index in [9.17, 15) is 5.11 Å². The third kappa shape index (κ3) is 2.73. The first kappa shape index (κ1) is 13.9. The van der Waals surface area contributed by atoms with Crippen molar-refractivity contribution in [2.45, 2.75) is 43.0 Å². The Labute approximate surface area is 114 Å². The summed E-state index contributed by atoms with van der Waals surface area (Å²) in [5.41, 5.74) is 1.37. The molecule has 0 aliphatic carbocycles. The van der Waals surface area contributed by atoms with E-state index in [-0.39, 0.29) is 12.1 Å². The highest BCUT2D eigenvalue weighted by Crippen LogP contribution is 2.39. The van der Waals surface area contributed by atoms with Gasteiger partial charge in [0.25, 0.3) is 0 Å². The van der Waals surface area contributed by atoms with Gasteiger partial charge in [-0.2, -0.15) is 0 Å². The second-order valence-corrected chi connectivity index (χ2v) is 6.13. The largest absolute Gasteiger partial charge is 0.394 e. The zero-order valence-electron chi connectivity index (χ0n) is 11.3. The van der Waals surface area contributed by atoms with Crippen LogP contribution in [0, 0.1) is 0 Å². The number of fused-ring (bicyclic) bond motifs is 1. The van der Waals surface area contributed by atoms with E-state index in [0.29, 0.717) is 5.92 Å². The molecule has 0 saturated heterocycles. The number of aliphatic hydroxyl groups excluding tert-OH is 1. The van der Waals surface area contributed by atoms with Gasteiger partial charge in [0.15, 0.2) is 0 Å². The van der Waals surface area contributed by atoms with Crippen molar-refractivity contribution in [2.75, 3.05) is 18.9 Å². The van der Waals surface area contributed by atoms with E-state index in [4.69, 9.17) is 0 Å². The highest BCUT2D eigenvalue weighted by atomic mass is 32.2. The summed E-state index contributed by atoms with van der Waals surface area (Å²) < 4.78 is 0. The molecule has 0 aromatic heterocycles. The molecule has 0 radical (unpaired) electrons. The van der Waals surface area contributed by atoms with Crippen LogP contribution in [0.3, 0.4) is 0 Å². The van der Waals surface area contributed by atoms with E-state index in [1.807, 2.05) is 11.8 Å². The van der Waals surface area contributed by atoms with E-state index < -0.39 is 0 Å². The predicted molar refractivity (Wildman–Crippen MR) is 78.3 cm³/mol. The van der Waals surface area contributed by atoms with Crippen LogP contribution in [0.2, 0.25) is 0 Å². The lowest BCUT2D eigenvalue weighted by Crippen LogP contribution is -2.49. The van der Waals surface area contributed by atoms with Crippen molar-refractivity contribution in [3.63, 3.8) is 0 Å². The molecule has 0 saturated carbocycles. The van der Waals surface area contributed by atoms with Crippen LogP contribution < -0.4 is 5.32 Å². The molecular formula is C15H23NOS. The van der Waals surface area contributed by atoms with Crippen LogP contribution in [0.5, 0.6) is 0 Å². The van der Waals surface area contributed by atoms with Crippen LogP contribution in [0.4, 0.5) is 0 Å². The summed E-state index contributed by atoms with van der Waals surface area (Å²) in [6.45, 7) is 5.47. The van der Waals surface area contributed by atoms with Crippen molar-refractivity contribution < 1.29 is 5.11 Å². The van der Waals surface area contributed by atoms with Gasteiger partial charge < -0.3 is 10.4 Å². The fourth-order valence-corrected chi connectivity index (χ4v) is 3.77. The molecule has 1 aliphatic heterocycles. The van der Waals surface area contributed by atoms with Gasteiger partial charge in [0, 0.05) is 28.6 Å². The Morgan fingerprint density at radius 2 is 2.06 bits per heavy atom. The molecule has 2 nitrogen and oxygen atoms in total. The normalized spacial score (nSPS) is 18.9. The lowest BCUT2D eigenvalue weighted by molar-refractivity contribution is 0.150. The van der Waals surface area contributed by atoms with Crippen LogP contribution in [0.25, 0.3) is 0 Å². The highest BCUT2D eigenvalue weighted by Gasteiger charge is 2.28. The van der Waals surface area contributed by atoms with Gasteiger partial charge in [0.1, 0.15) is 0 Å². The molecule has 1 unspecified atom stereocenters. The Morgan fingerprint density at radius 3 is 2.72 bits per heavy atom. The lowest BCUT2D eigenvalue weighted by Gasteiger charge is -2.32. The third-order valence-electron chi connectivity index (χ3n) is 4.18. The quantitative estimate of drug-likeness (QED) is 0.829. The maximum absolute atomic E-state index is 9.58. The topological polar surface area (TPSA) is 32.3 Å². The first-order chi connectivity index (χ1) is 8.74. The third-order valence-corrected chi connectivity index (χ3v) is 5.43. The van der Waals surface area contributed by atoms with Gasteiger partial charge in [-0.25, -0.2) is 0 Å². The molecule has 18 heavy (non-hydrogen) atoms. The summed E-state index contributed by atoms with van der Waals surface area (Å²) in [6.07, 6.45) is 1.95. The van der Waals surface area contributed by atoms with Crippen LogP contribution in [0.1, 0.15) is 38.2 Å². The number of rotatable bonds is 6. The number of benzene rings is 1. The van der Waals surface area contributed by atoms with Gasteiger partial charge in [-0.15, -0.1) is 11.8 Å². The molecule has 1 atom stereocenters. The summed E-state index contributed by atoms with van der Waals surface area (Å²) in [5, 5.41) is 13.2. The molecule has 0 bridgehead atoms. The van der Waals surface area contributed by atoms with Crippen molar-refractivity contribution in [3.8, 4) is 0 Å².